The molecule has 2 aromatic rings. The fourth-order valence-corrected chi connectivity index (χ4v) is 2.49. The molecule has 110 valence electrons. The highest BCUT2D eigenvalue weighted by molar-refractivity contribution is 9.10. The van der Waals surface area contributed by atoms with Crippen LogP contribution in [0, 0.1) is 5.82 Å². The second kappa shape index (κ2) is 6.77. The summed E-state index contributed by atoms with van der Waals surface area (Å²) in [5, 5.41) is 3.57. The Morgan fingerprint density at radius 2 is 1.95 bits per heavy atom. The monoisotopic (exact) mass is 389 g/mol. The Morgan fingerprint density at radius 3 is 2.62 bits per heavy atom. The van der Waals surface area contributed by atoms with Crippen molar-refractivity contribution in [2.45, 2.75) is 13.0 Å². The molecule has 2 rings (SSSR count). The minimum absolute atomic E-state index is 0.0173. The van der Waals surface area contributed by atoms with Gasteiger partial charge >= 0.3 is 0 Å². The minimum atomic E-state index is -0.587. The van der Waals surface area contributed by atoms with E-state index < -0.39 is 11.7 Å². The van der Waals surface area contributed by atoms with Crippen LogP contribution in [0.4, 0.5) is 4.39 Å². The zero-order valence-electron chi connectivity index (χ0n) is 11.0. The summed E-state index contributed by atoms with van der Waals surface area (Å²) in [6, 6.07) is 9.33. The number of rotatable bonds is 3. The van der Waals surface area contributed by atoms with E-state index in [2.05, 4.69) is 21.2 Å². The number of carbonyl (C=O) groups excluding carboxylic acids is 1. The molecule has 0 aliphatic rings. The molecule has 1 amide bonds. The van der Waals surface area contributed by atoms with E-state index in [1.165, 1.54) is 12.1 Å². The Balaban J connectivity index is 2.18. The van der Waals surface area contributed by atoms with Gasteiger partial charge in [0.15, 0.2) is 0 Å². The number of carbonyl (C=O) groups is 1. The van der Waals surface area contributed by atoms with E-state index in [9.17, 15) is 9.18 Å². The molecule has 0 radical (unpaired) electrons. The van der Waals surface area contributed by atoms with Crippen LogP contribution in [0.25, 0.3) is 0 Å². The van der Waals surface area contributed by atoms with E-state index in [0.717, 1.165) is 5.56 Å². The smallest absolute Gasteiger partial charge is 0.254 e. The van der Waals surface area contributed by atoms with Crippen molar-refractivity contribution in [3.05, 3.63) is 67.9 Å². The van der Waals surface area contributed by atoms with E-state index in [4.69, 9.17) is 23.2 Å². The van der Waals surface area contributed by atoms with Gasteiger partial charge in [0.2, 0.25) is 0 Å². The average molecular weight is 391 g/mol. The molecule has 0 spiro atoms. The van der Waals surface area contributed by atoms with Gasteiger partial charge < -0.3 is 5.32 Å². The maximum atomic E-state index is 13.9. The van der Waals surface area contributed by atoms with Crippen LogP contribution in [-0.2, 0) is 0 Å². The lowest BCUT2D eigenvalue weighted by atomic mass is 10.1. The van der Waals surface area contributed by atoms with Crippen molar-refractivity contribution < 1.29 is 9.18 Å². The van der Waals surface area contributed by atoms with Crippen LogP contribution in [0.5, 0.6) is 0 Å². The first-order chi connectivity index (χ1) is 9.90. The molecule has 1 unspecified atom stereocenters. The first-order valence-electron chi connectivity index (χ1n) is 6.10. The SMILES string of the molecule is CC(NC(=O)c1cccc(Br)c1F)c1ccc(Cl)c(Cl)c1. The normalized spacial score (nSPS) is 12.0. The van der Waals surface area contributed by atoms with Gasteiger partial charge in [-0.1, -0.05) is 35.3 Å². The largest absolute Gasteiger partial charge is 0.345 e. The van der Waals surface area contributed by atoms with E-state index >= 15 is 0 Å². The highest BCUT2D eigenvalue weighted by atomic mass is 79.9. The number of nitrogens with one attached hydrogen (secondary N) is 1. The number of halogens is 4. The number of hydrogen-bond acceptors (Lipinski definition) is 1. The van der Waals surface area contributed by atoms with Crippen molar-refractivity contribution in [1.82, 2.24) is 5.32 Å². The highest BCUT2D eigenvalue weighted by Gasteiger charge is 2.17. The van der Waals surface area contributed by atoms with Crippen LogP contribution in [0.1, 0.15) is 28.9 Å². The summed E-state index contributed by atoms with van der Waals surface area (Å²) in [6.07, 6.45) is 0. The van der Waals surface area contributed by atoms with Gasteiger partial charge in [-0.2, -0.15) is 0 Å². The van der Waals surface area contributed by atoms with Gasteiger partial charge in [0.1, 0.15) is 5.82 Å². The molecule has 0 heterocycles. The summed E-state index contributed by atoms with van der Waals surface area (Å²) in [5.74, 6) is -1.08. The molecule has 0 saturated heterocycles. The molecule has 0 aliphatic heterocycles. The Bertz CT molecular complexity index is 693. The van der Waals surface area contributed by atoms with E-state index in [-0.39, 0.29) is 16.1 Å². The van der Waals surface area contributed by atoms with Gasteiger partial charge in [-0.25, -0.2) is 4.39 Å². The fraction of sp³-hybridized carbons (Fsp3) is 0.133. The number of amides is 1. The number of hydrogen-bond donors (Lipinski definition) is 1. The first kappa shape index (κ1) is 16.3. The average Bonchev–Trinajstić information content (AvgIpc) is 2.44. The lowest BCUT2D eigenvalue weighted by Gasteiger charge is -2.15. The molecule has 0 aliphatic carbocycles. The zero-order chi connectivity index (χ0) is 15.6. The van der Waals surface area contributed by atoms with Crippen LogP contribution in [-0.4, -0.2) is 5.91 Å². The fourth-order valence-electron chi connectivity index (χ4n) is 1.82. The molecule has 1 N–H and O–H groups in total. The van der Waals surface area contributed by atoms with Gasteiger partial charge in [0.25, 0.3) is 5.91 Å². The Labute approximate surface area is 140 Å². The van der Waals surface area contributed by atoms with Gasteiger partial charge in [0.05, 0.1) is 26.1 Å². The van der Waals surface area contributed by atoms with Crippen molar-refractivity contribution in [2.75, 3.05) is 0 Å². The van der Waals surface area contributed by atoms with Crippen molar-refractivity contribution in [2.24, 2.45) is 0 Å². The molecule has 0 saturated carbocycles. The van der Waals surface area contributed by atoms with Gasteiger partial charge in [0, 0.05) is 0 Å². The van der Waals surface area contributed by atoms with Gasteiger partial charge in [-0.05, 0) is 52.7 Å². The maximum absolute atomic E-state index is 13.9. The maximum Gasteiger partial charge on any atom is 0.254 e. The highest BCUT2D eigenvalue weighted by Crippen LogP contribution is 2.26. The lowest BCUT2D eigenvalue weighted by Crippen LogP contribution is -2.27. The van der Waals surface area contributed by atoms with E-state index in [0.29, 0.717) is 10.0 Å². The lowest BCUT2D eigenvalue weighted by molar-refractivity contribution is 0.0935. The molecule has 0 aromatic heterocycles. The molecule has 1 atom stereocenters. The van der Waals surface area contributed by atoms with Gasteiger partial charge in [-0.3, -0.25) is 4.79 Å². The Kier molecular flexibility index (Phi) is 5.25. The molecule has 2 nitrogen and oxygen atoms in total. The quantitative estimate of drug-likeness (QED) is 0.748. The second-order valence-electron chi connectivity index (χ2n) is 4.47. The van der Waals surface area contributed by atoms with Crippen LogP contribution in [0.3, 0.4) is 0 Å². The third-order valence-corrected chi connectivity index (χ3v) is 4.34. The predicted octanol–water partition coefficient (Wildman–Crippen LogP) is 5.39. The summed E-state index contributed by atoms with van der Waals surface area (Å²) in [4.78, 5) is 12.1. The van der Waals surface area contributed by atoms with Gasteiger partial charge in [-0.15, -0.1) is 0 Å². The van der Waals surface area contributed by atoms with Crippen molar-refractivity contribution in [1.29, 1.82) is 0 Å². The third-order valence-electron chi connectivity index (χ3n) is 2.99. The summed E-state index contributed by atoms with van der Waals surface area (Å²) in [7, 11) is 0. The number of benzene rings is 2. The van der Waals surface area contributed by atoms with Crippen molar-refractivity contribution in [3.8, 4) is 0 Å². The predicted molar refractivity (Wildman–Crippen MR) is 86.4 cm³/mol. The Hall–Kier alpha value is -1.10. The first-order valence-corrected chi connectivity index (χ1v) is 7.65. The van der Waals surface area contributed by atoms with Crippen LogP contribution in [0.2, 0.25) is 10.0 Å². The molecular formula is C15H11BrCl2FNO. The minimum Gasteiger partial charge on any atom is -0.345 e. The third kappa shape index (κ3) is 3.76. The topological polar surface area (TPSA) is 29.1 Å². The summed E-state index contributed by atoms with van der Waals surface area (Å²) < 4.78 is 14.1. The Morgan fingerprint density at radius 1 is 1.24 bits per heavy atom. The zero-order valence-corrected chi connectivity index (χ0v) is 14.1. The molecule has 2 aromatic carbocycles. The summed E-state index contributed by atoms with van der Waals surface area (Å²) in [6.45, 7) is 1.79. The van der Waals surface area contributed by atoms with E-state index in [1.807, 2.05) is 0 Å². The molecular weight excluding hydrogens is 380 g/mol. The van der Waals surface area contributed by atoms with Crippen LogP contribution >= 0.6 is 39.1 Å². The molecule has 6 heteroatoms. The van der Waals surface area contributed by atoms with Crippen molar-refractivity contribution in [3.63, 3.8) is 0 Å². The summed E-state index contributed by atoms with van der Waals surface area (Å²) in [5.41, 5.74) is 0.768. The molecule has 21 heavy (non-hydrogen) atoms. The summed E-state index contributed by atoms with van der Waals surface area (Å²) >= 11 is 14.9. The molecule has 0 bridgehead atoms. The molecule has 0 fully saturated rings. The standard InChI is InChI=1S/C15H11BrCl2FNO/c1-8(9-5-6-12(17)13(18)7-9)20-15(21)10-3-2-4-11(16)14(10)19/h2-8H,1H3,(H,20,21). The van der Waals surface area contributed by atoms with Crippen LogP contribution < -0.4 is 5.32 Å². The van der Waals surface area contributed by atoms with Crippen LogP contribution in [0.15, 0.2) is 40.9 Å². The van der Waals surface area contributed by atoms with Crippen molar-refractivity contribution >= 4 is 45.0 Å². The van der Waals surface area contributed by atoms with E-state index in [1.54, 1.807) is 31.2 Å². The second-order valence-corrected chi connectivity index (χ2v) is 6.14.